The number of fused-ring (bicyclic) bond motifs is 2. The summed E-state index contributed by atoms with van der Waals surface area (Å²) in [6.45, 7) is 1.68. The van der Waals surface area contributed by atoms with Crippen LogP contribution in [0.15, 0.2) is 66.7 Å². The zero-order chi connectivity index (χ0) is 17.7. The molecule has 5 rings (SSSR count). The lowest BCUT2D eigenvalue weighted by Crippen LogP contribution is -1.96. The van der Waals surface area contributed by atoms with Gasteiger partial charge in [-0.15, -0.1) is 0 Å². The second kappa shape index (κ2) is 5.81. The average Bonchev–Trinajstić information content (AvgIpc) is 2.67. The van der Waals surface area contributed by atoms with E-state index in [9.17, 15) is 4.79 Å². The van der Waals surface area contributed by atoms with Crippen molar-refractivity contribution < 1.29 is 4.79 Å². The zero-order valence-corrected chi connectivity index (χ0v) is 14.9. The van der Waals surface area contributed by atoms with Crippen LogP contribution in [0.5, 0.6) is 0 Å². The number of aryl methyl sites for hydroxylation is 1. The molecule has 126 valence electrons. The number of Topliss-reactive ketones (excluding diaryl/α,β-unsaturated/α-hetero) is 1. The van der Waals surface area contributed by atoms with Crippen molar-refractivity contribution in [2.45, 2.75) is 26.2 Å². The van der Waals surface area contributed by atoms with Crippen molar-refractivity contribution in [2.75, 3.05) is 0 Å². The van der Waals surface area contributed by atoms with Crippen LogP contribution < -0.4 is 0 Å². The van der Waals surface area contributed by atoms with Crippen LogP contribution in [0.2, 0.25) is 0 Å². The summed E-state index contributed by atoms with van der Waals surface area (Å²) in [7, 11) is 0. The molecule has 0 N–H and O–H groups in total. The lowest BCUT2D eigenvalue weighted by molar-refractivity contribution is -0.117. The summed E-state index contributed by atoms with van der Waals surface area (Å²) >= 11 is 0. The number of benzene rings is 5. The molecule has 5 aromatic rings. The Morgan fingerprint density at radius 1 is 0.692 bits per heavy atom. The molecule has 0 amide bonds. The van der Waals surface area contributed by atoms with Crippen molar-refractivity contribution in [2.24, 2.45) is 0 Å². The van der Waals surface area contributed by atoms with Gasteiger partial charge in [-0.05, 0) is 68.4 Å². The van der Waals surface area contributed by atoms with Crippen molar-refractivity contribution in [3.8, 4) is 0 Å². The van der Waals surface area contributed by atoms with Gasteiger partial charge in [0.2, 0.25) is 0 Å². The third-order valence-electron chi connectivity index (χ3n) is 5.60. The molecule has 5 aromatic carbocycles. The van der Waals surface area contributed by atoms with Crippen LogP contribution in [0.3, 0.4) is 0 Å². The summed E-state index contributed by atoms with van der Waals surface area (Å²) in [5.41, 5.74) is 1.38. The molecule has 1 nitrogen and oxygen atoms in total. The fraction of sp³-hybridized carbons (Fsp3) is 0.160. The summed E-state index contributed by atoms with van der Waals surface area (Å²) < 4.78 is 0. The maximum absolute atomic E-state index is 11.4. The smallest absolute Gasteiger partial charge is 0.129 e. The second-order valence-electron chi connectivity index (χ2n) is 7.26. The van der Waals surface area contributed by atoms with E-state index >= 15 is 0 Å². The van der Waals surface area contributed by atoms with E-state index in [0.717, 1.165) is 12.8 Å². The highest BCUT2D eigenvalue weighted by atomic mass is 16.1. The molecular weight excluding hydrogens is 316 g/mol. The van der Waals surface area contributed by atoms with Gasteiger partial charge >= 0.3 is 0 Å². The van der Waals surface area contributed by atoms with Crippen LogP contribution in [0.4, 0.5) is 0 Å². The third kappa shape index (κ3) is 2.20. The van der Waals surface area contributed by atoms with Gasteiger partial charge in [0, 0.05) is 6.42 Å². The standard InChI is InChI=1S/C25H20O/c1-16(26)6-4-11-21-19-9-2-3-10-20(19)22-14-12-17-7-5-8-18-13-15-23(21)25(22)24(17)18/h2-3,5,7-10,12-15H,4,6,11H2,1H3. The lowest BCUT2D eigenvalue weighted by Gasteiger charge is -2.17. The van der Waals surface area contributed by atoms with Gasteiger partial charge in [0.1, 0.15) is 5.78 Å². The molecule has 0 saturated heterocycles. The third-order valence-corrected chi connectivity index (χ3v) is 5.60. The number of carbonyl (C=O) groups is 1. The summed E-state index contributed by atoms with van der Waals surface area (Å²) in [5, 5.41) is 10.6. The van der Waals surface area contributed by atoms with Gasteiger partial charge in [0.05, 0.1) is 0 Å². The Morgan fingerprint density at radius 2 is 1.38 bits per heavy atom. The van der Waals surface area contributed by atoms with Crippen molar-refractivity contribution >= 4 is 48.9 Å². The molecule has 1 heteroatoms. The first-order chi connectivity index (χ1) is 12.7. The average molecular weight is 336 g/mol. The highest BCUT2D eigenvalue weighted by Gasteiger charge is 2.15. The second-order valence-corrected chi connectivity index (χ2v) is 7.26. The Balaban J connectivity index is 1.92. The minimum Gasteiger partial charge on any atom is -0.300 e. The fourth-order valence-electron chi connectivity index (χ4n) is 4.47. The van der Waals surface area contributed by atoms with Crippen molar-refractivity contribution in [1.29, 1.82) is 0 Å². The molecule has 0 spiro atoms. The van der Waals surface area contributed by atoms with E-state index in [4.69, 9.17) is 0 Å². The number of hydrogen-bond acceptors (Lipinski definition) is 1. The summed E-state index contributed by atoms with van der Waals surface area (Å²) in [6, 6.07) is 24.3. The lowest BCUT2D eigenvalue weighted by atomic mass is 9.86. The van der Waals surface area contributed by atoms with E-state index in [1.165, 1.54) is 48.7 Å². The molecule has 0 aliphatic heterocycles. The first kappa shape index (κ1) is 15.3. The summed E-state index contributed by atoms with van der Waals surface area (Å²) in [6.07, 6.45) is 2.49. The maximum atomic E-state index is 11.4. The highest BCUT2D eigenvalue weighted by Crippen LogP contribution is 2.41. The van der Waals surface area contributed by atoms with Crippen LogP contribution >= 0.6 is 0 Å². The predicted molar refractivity (Wildman–Crippen MR) is 111 cm³/mol. The Bertz CT molecular complexity index is 1260. The number of rotatable bonds is 4. The molecule has 0 fully saturated rings. The van der Waals surface area contributed by atoms with E-state index in [1.807, 2.05) is 0 Å². The number of carbonyl (C=O) groups excluding carboxylic acids is 1. The zero-order valence-electron chi connectivity index (χ0n) is 14.9. The number of hydrogen-bond donors (Lipinski definition) is 0. The minimum atomic E-state index is 0.270. The molecule has 0 aliphatic rings. The minimum absolute atomic E-state index is 0.270. The van der Waals surface area contributed by atoms with Crippen LogP contribution in [-0.2, 0) is 11.2 Å². The normalized spacial score (nSPS) is 11.9. The van der Waals surface area contributed by atoms with Gasteiger partial charge < -0.3 is 4.79 Å². The maximum Gasteiger partial charge on any atom is 0.129 e. The monoisotopic (exact) mass is 336 g/mol. The largest absolute Gasteiger partial charge is 0.300 e. The topological polar surface area (TPSA) is 17.1 Å². The van der Waals surface area contributed by atoms with E-state index < -0.39 is 0 Å². The fourth-order valence-corrected chi connectivity index (χ4v) is 4.47. The van der Waals surface area contributed by atoms with Crippen LogP contribution in [0.1, 0.15) is 25.3 Å². The van der Waals surface area contributed by atoms with Gasteiger partial charge in [-0.3, -0.25) is 0 Å². The van der Waals surface area contributed by atoms with Gasteiger partial charge in [-0.25, -0.2) is 0 Å². The van der Waals surface area contributed by atoms with Crippen molar-refractivity contribution in [1.82, 2.24) is 0 Å². The van der Waals surface area contributed by atoms with Gasteiger partial charge in [-0.1, -0.05) is 66.7 Å². The van der Waals surface area contributed by atoms with E-state index in [1.54, 1.807) is 6.92 Å². The molecular formula is C25H20O. The highest BCUT2D eigenvalue weighted by molar-refractivity contribution is 6.30. The predicted octanol–water partition coefficient (Wildman–Crippen LogP) is 6.65. The van der Waals surface area contributed by atoms with Crippen LogP contribution in [0.25, 0.3) is 43.1 Å². The first-order valence-corrected chi connectivity index (χ1v) is 9.30. The van der Waals surface area contributed by atoms with E-state index in [2.05, 4.69) is 66.7 Å². The SMILES string of the molecule is CC(=O)CCCc1c2ccccc2c2ccc3cccc4ccc1c2c43. The van der Waals surface area contributed by atoms with Crippen LogP contribution in [-0.4, -0.2) is 5.78 Å². The van der Waals surface area contributed by atoms with E-state index in [-0.39, 0.29) is 5.78 Å². The Hall–Kier alpha value is -2.93. The molecule has 0 bridgehead atoms. The molecule has 0 atom stereocenters. The quantitative estimate of drug-likeness (QED) is 0.265. The van der Waals surface area contributed by atoms with Gasteiger partial charge in [0.25, 0.3) is 0 Å². The molecule has 0 unspecified atom stereocenters. The number of ketones is 1. The molecule has 26 heavy (non-hydrogen) atoms. The van der Waals surface area contributed by atoms with E-state index in [0.29, 0.717) is 6.42 Å². The molecule has 0 saturated carbocycles. The summed E-state index contributed by atoms with van der Waals surface area (Å²) in [5.74, 6) is 0.270. The Kier molecular flexibility index (Phi) is 3.43. The first-order valence-electron chi connectivity index (χ1n) is 9.30. The molecule has 0 heterocycles. The Morgan fingerprint density at radius 3 is 2.12 bits per heavy atom. The molecule has 0 aromatic heterocycles. The molecule has 0 aliphatic carbocycles. The van der Waals surface area contributed by atoms with Gasteiger partial charge in [-0.2, -0.15) is 0 Å². The Labute approximate surface area is 152 Å². The molecule has 0 radical (unpaired) electrons. The van der Waals surface area contributed by atoms with Crippen molar-refractivity contribution in [3.63, 3.8) is 0 Å². The summed E-state index contributed by atoms with van der Waals surface area (Å²) in [4.78, 5) is 11.4. The van der Waals surface area contributed by atoms with Crippen LogP contribution in [0, 0.1) is 0 Å². The van der Waals surface area contributed by atoms with Crippen molar-refractivity contribution in [3.05, 3.63) is 72.3 Å². The van der Waals surface area contributed by atoms with Gasteiger partial charge in [0.15, 0.2) is 0 Å².